The summed E-state index contributed by atoms with van der Waals surface area (Å²) in [6, 6.07) is 0. The molecule has 0 aliphatic rings. The highest BCUT2D eigenvalue weighted by Crippen LogP contribution is 2.08. The van der Waals surface area contributed by atoms with E-state index in [1.54, 1.807) is 0 Å². The fourth-order valence-electron chi connectivity index (χ4n) is 0.747. The van der Waals surface area contributed by atoms with Crippen LogP contribution in [0.3, 0.4) is 0 Å². The second kappa shape index (κ2) is 5.32. The Kier molecular flexibility index (Phi) is 5.06. The summed E-state index contributed by atoms with van der Waals surface area (Å²) >= 11 is 0. The molecule has 0 amide bonds. The maximum absolute atomic E-state index is 9.28. The van der Waals surface area contributed by atoms with Crippen molar-refractivity contribution in [3.63, 3.8) is 0 Å². The van der Waals surface area contributed by atoms with Crippen LogP contribution in [0.25, 0.3) is 0 Å². The molecule has 0 radical (unpaired) electrons. The molecule has 0 fully saturated rings. The number of aliphatic hydroxyl groups is 1. The molecule has 0 aliphatic carbocycles. The summed E-state index contributed by atoms with van der Waals surface area (Å²) in [6.07, 6.45) is 7.44. The van der Waals surface area contributed by atoms with Crippen molar-refractivity contribution in [3.05, 3.63) is 0 Å². The molecule has 0 saturated heterocycles. The predicted octanol–water partition coefficient (Wildman–Crippen LogP) is 1.81. The number of aliphatic hydroxyl groups excluding tert-OH is 1. The third kappa shape index (κ3) is 4.40. The molecule has 0 heterocycles. The van der Waals surface area contributed by atoms with Gasteiger partial charge in [0.1, 0.15) is 0 Å². The van der Waals surface area contributed by atoms with Crippen molar-refractivity contribution in [2.45, 2.75) is 39.2 Å². The molecule has 0 bridgehead atoms. The molecule has 58 valence electrons. The molecular formula is C9H16O. The minimum atomic E-state index is -0.173. The Morgan fingerprint density at radius 2 is 2.10 bits per heavy atom. The van der Waals surface area contributed by atoms with Gasteiger partial charge in [-0.25, -0.2) is 0 Å². The van der Waals surface area contributed by atoms with E-state index in [4.69, 9.17) is 6.42 Å². The van der Waals surface area contributed by atoms with Gasteiger partial charge in [0, 0.05) is 6.42 Å². The SMILES string of the molecule is C#CCCCC(O)C(C)C. The number of hydrogen-bond donors (Lipinski definition) is 1. The van der Waals surface area contributed by atoms with Gasteiger partial charge in [-0.1, -0.05) is 13.8 Å². The van der Waals surface area contributed by atoms with Crippen LogP contribution < -0.4 is 0 Å². The van der Waals surface area contributed by atoms with Gasteiger partial charge in [-0.2, -0.15) is 0 Å². The van der Waals surface area contributed by atoms with E-state index in [0.717, 1.165) is 19.3 Å². The molecule has 0 aromatic heterocycles. The summed E-state index contributed by atoms with van der Waals surface area (Å²) in [5.41, 5.74) is 0. The number of hydrogen-bond acceptors (Lipinski definition) is 1. The van der Waals surface area contributed by atoms with Gasteiger partial charge in [0.2, 0.25) is 0 Å². The highest BCUT2D eigenvalue weighted by Gasteiger charge is 2.06. The highest BCUT2D eigenvalue weighted by atomic mass is 16.3. The maximum atomic E-state index is 9.28. The lowest BCUT2D eigenvalue weighted by molar-refractivity contribution is 0.114. The fourth-order valence-corrected chi connectivity index (χ4v) is 0.747. The summed E-state index contributed by atoms with van der Waals surface area (Å²) in [5, 5.41) is 9.28. The van der Waals surface area contributed by atoms with Crippen LogP contribution in [0.1, 0.15) is 33.1 Å². The van der Waals surface area contributed by atoms with Crippen molar-refractivity contribution in [2.75, 3.05) is 0 Å². The van der Waals surface area contributed by atoms with Crippen LogP contribution in [-0.4, -0.2) is 11.2 Å². The van der Waals surface area contributed by atoms with Gasteiger partial charge in [0.15, 0.2) is 0 Å². The molecule has 0 aromatic carbocycles. The first kappa shape index (κ1) is 9.52. The Balaban J connectivity index is 3.23. The van der Waals surface area contributed by atoms with E-state index in [9.17, 15) is 5.11 Å². The molecule has 0 saturated carbocycles. The van der Waals surface area contributed by atoms with E-state index < -0.39 is 0 Å². The topological polar surface area (TPSA) is 20.2 Å². The molecule has 0 aliphatic heterocycles. The third-order valence-electron chi connectivity index (χ3n) is 1.59. The molecule has 1 heteroatoms. The predicted molar refractivity (Wildman–Crippen MR) is 43.5 cm³/mol. The Labute approximate surface area is 63.5 Å². The van der Waals surface area contributed by atoms with Crippen molar-refractivity contribution in [3.8, 4) is 12.3 Å². The molecule has 1 unspecified atom stereocenters. The summed E-state index contributed by atoms with van der Waals surface area (Å²) in [6.45, 7) is 4.03. The molecule has 0 spiro atoms. The lowest BCUT2D eigenvalue weighted by Crippen LogP contribution is -2.13. The van der Waals surface area contributed by atoms with Gasteiger partial charge in [0.25, 0.3) is 0 Å². The van der Waals surface area contributed by atoms with Crippen LogP contribution in [0, 0.1) is 18.3 Å². The lowest BCUT2D eigenvalue weighted by Gasteiger charge is -2.12. The molecule has 10 heavy (non-hydrogen) atoms. The fraction of sp³-hybridized carbons (Fsp3) is 0.778. The summed E-state index contributed by atoms with van der Waals surface area (Å²) < 4.78 is 0. The largest absolute Gasteiger partial charge is 0.393 e. The van der Waals surface area contributed by atoms with E-state index in [1.165, 1.54) is 0 Å². The van der Waals surface area contributed by atoms with Crippen LogP contribution >= 0.6 is 0 Å². The van der Waals surface area contributed by atoms with E-state index in [0.29, 0.717) is 5.92 Å². The average Bonchev–Trinajstić information content (AvgIpc) is 1.88. The van der Waals surface area contributed by atoms with Crippen molar-refractivity contribution < 1.29 is 5.11 Å². The van der Waals surface area contributed by atoms with Crippen LogP contribution in [0.2, 0.25) is 0 Å². The normalized spacial score (nSPS) is 13.1. The van der Waals surface area contributed by atoms with Gasteiger partial charge in [0.05, 0.1) is 6.10 Å². The van der Waals surface area contributed by atoms with Crippen LogP contribution in [0.5, 0.6) is 0 Å². The Bertz CT molecular complexity index is 110. The third-order valence-corrected chi connectivity index (χ3v) is 1.59. The quantitative estimate of drug-likeness (QED) is 0.466. The zero-order valence-corrected chi connectivity index (χ0v) is 6.80. The Morgan fingerprint density at radius 1 is 1.50 bits per heavy atom. The second-order valence-electron chi connectivity index (χ2n) is 2.91. The van der Waals surface area contributed by atoms with Crippen molar-refractivity contribution in [1.29, 1.82) is 0 Å². The number of rotatable bonds is 4. The zero-order chi connectivity index (χ0) is 7.98. The zero-order valence-electron chi connectivity index (χ0n) is 6.80. The smallest absolute Gasteiger partial charge is 0.0563 e. The molecule has 0 rings (SSSR count). The summed E-state index contributed by atoms with van der Waals surface area (Å²) in [7, 11) is 0. The highest BCUT2D eigenvalue weighted by molar-refractivity contribution is 4.83. The maximum Gasteiger partial charge on any atom is 0.0563 e. The Morgan fingerprint density at radius 3 is 2.50 bits per heavy atom. The van der Waals surface area contributed by atoms with Gasteiger partial charge in [-0.15, -0.1) is 12.3 Å². The monoisotopic (exact) mass is 140 g/mol. The second-order valence-corrected chi connectivity index (χ2v) is 2.91. The minimum Gasteiger partial charge on any atom is -0.393 e. The molecule has 1 atom stereocenters. The van der Waals surface area contributed by atoms with Crippen molar-refractivity contribution in [1.82, 2.24) is 0 Å². The van der Waals surface area contributed by atoms with Crippen molar-refractivity contribution >= 4 is 0 Å². The number of terminal acetylenes is 1. The van der Waals surface area contributed by atoms with Gasteiger partial charge in [-0.05, 0) is 18.8 Å². The lowest BCUT2D eigenvalue weighted by atomic mass is 10.0. The first-order valence-corrected chi connectivity index (χ1v) is 3.80. The van der Waals surface area contributed by atoms with Crippen LogP contribution in [0.4, 0.5) is 0 Å². The van der Waals surface area contributed by atoms with E-state index >= 15 is 0 Å². The molecule has 0 aromatic rings. The van der Waals surface area contributed by atoms with Gasteiger partial charge in [-0.3, -0.25) is 0 Å². The first-order valence-electron chi connectivity index (χ1n) is 3.80. The van der Waals surface area contributed by atoms with Crippen molar-refractivity contribution in [2.24, 2.45) is 5.92 Å². The molecule has 1 nitrogen and oxygen atoms in total. The van der Waals surface area contributed by atoms with E-state index in [-0.39, 0.29) is 6.10 Å². The van der Waals surface area contributed by atoms with Gasteiger partial charge >= 0.3 is 0 Å². The standard InChI is InChI=1S/C9H16O/c1-4-5-6-7-9(10)8(2)3/h1,8-10H,5-7H2,2-3H3. The molecular weight excluding hydrogens is 124 g/mol. The van der Waals surface area contributed by atoms with E-state index in [2.05, 4.69) is 5.92 Å². The molecule has 1 N–H and O–H groups in total. The van der Waals surface area contributed by atoms with Crippen LogP contribution in [-0.2, 0) is 0 Å². The van der Waals surface area contributed by atoms with Gasteiger partial charge < -0.3 is 5.11 Å². The Hall–Kier alpha value is -0.480. The van der Waals surface area contributed by atoms with E-state index in [1.807, 2.05) is 13.8 Å². The van der Waals surface area contributed by atoms with Crippen LogP contribution in [0.15, 0.2) is 0 Å². The number of unbranched alkanes of at least 4 members (excludes halogenated alkanes) is 1. The first-order chi connectivity index (χ1) is 4.68. The summed E-state index contributed by atoms with van der Waals surface area (Å²) in [5.74, 6) is 2.91. The minimum absolute atomic E-state index is 0.173. The summed E-state index contributed by atoms with van der Waals surface area (Å²) in [4.78, 5) is 0. The average molecular weight is 140 g/mol.